The molecule has 0 aromatic rings. The van der Waals surface area contributed by atoms with E-state index in [4.69, 9.17) is 4.74 Å². The van der Waals surface area contributed by atoms with Gasteiger partial charge in [0.1, 0.15) is 12.2 Å². The van der Waals surface area contributed by atoms with Gasteiger partial charge in [-0.25, -0.2) is 4.39 Å². The van der Waals surface area contributed by atoms with Crippen LogP contribution in [0.4, 0.5) is 4.39 Å². The van der Waals surface area contributed by atoms with Crippen molar-refractivity contribution in [2.75, 3.05) is 6.61 Å². The van der Waals surface area contributed by atoms with Gasteiger partial charge in [-0.15, -0.1) is 0 Å². The molecule has 27 heavy (non-hydrogen) atoms. The van der Waals surface area contributed by atoms with Gasteiger partial charge in [0.25, 0.3) is 0 Å². The summed E-state index contributed by atoms with van der Waals surface area (Å²) in [6.07, 6.45) is 4.98. The van der Waals surface area contributed by atoms with E-state index in [1.807, 2.05) is 13.8 Å². The van der Waals surface area contributed by atoms with Gasteiger partial charge in [-0.1, -0.05) is 30.7 Å². The van der Waals surface area contributed by atoms with Gasteiger partial charge in [0.15, 0.2) is 17.1 Å². The number of ether oxygens (including phenoxy) is 1. The second-order valence-corrected chi connectivity index (χ2v) is 9.43. The predicted octanol–water partition coefficient (Wildman–Crippen LogP) is 1.46. The summed E-state index contributed by atoms with van der Waals surface area (Å²) in [5, 5.41) is 30.5. The highest BCUT2D eigenvalue weighted by Gasteiger charge is 2.87. The number of carbonyl (C=O) groups excluding carboxylic acids is 1. The summed E-state index contributed by atoms with van der Waals surface area (Å²) in [6, 6.07) is 0. The van der Waals surface area contributed by atoms with Crippen molar-refractivity contribution in [1.29, 1.82) is 0 Å². The molecular weight excluding hydrogens is 351 g/mol. The Kier molecular flexibility index (Phi) is 3.39. The summed E-state index contributed by atoms with van der Waals surface area (Å²) in [5.41, 5.74) is -3.91. The number of aliphatic hydroxyl groups is 3. The first-order valence-electron chi connectivity index (χ1n) is 9.97. The molecule has 4 aliphatic carbocycles. The van der Waals surface area contributed by atoms with E-state index in [0.717, 1.165) is 5.57 Å². The highest BCUT2D eigenvalue weighted by Crippen LogP contribution is 2.76. The lowest BCUT2D eigenvalue weighted by Crippen LogP contribution is -2.66. The second-order valence-electron chi connectivity index (χ2n) is 9.43. The molecule has 0 aromatic heterocycles. The van der Waals surface area contributed by atoms with Crippen LogP contribution in [-0.4, -0.2) is 56.8 Å². The lowest BCUT2D eigenvalue weighted by Gasteiger charge is -2.59. The first-order chi connectivity index (χ1) is 12.7. The van der Waals surface area contributed by atoms with Crippen molar-refractivity contribution in [2.45, 2.75) is 68.6 Å². The molecule has 5 rings (SSSR count). The number of hydrogen-bond donors (Lipinski definition) is 3. The third-order valence-electron chi connectivity index (χ3n) is 8.58. The van der Waals surface area contributed by atoms with Crippen molar-refractivity contribution in [1.82, 2.24) is 0 Å². The smallest absolute Gasteiger partial charge is 0.193 e. The molecule has 1 spiro atoms. The van der Waals surface area contributed by atoms with Crippen LogP contribution >= 0.6 is 0 Å². The summed E-state index contributed by atoms with van der Waals surface area (Å²) in [5.74, 6) is -1.04. The molecule has 5 aliphatic rings. The summed E-state index contributed by atoms with van der Waals surface area (Å²) in [4.78, 5) is 12.5. The molecule has 148 valence electrons. The third kappa shape index (κ3) is 1.73. The number of allylic oxidation sites excluding steroid dienone is 2. The molecule has 1 unspecified atom stereocenters. The van der Waals surface area contributed by atoms with Crippen LogP contribution in [-0.2, 0) is 9.53 Å². The number of aliphatic hydroxyl groups excluding tert-OH is 3. The second kappa shape index (κ2) is 5.09. The van der Waals surface area contributed by atoms with E-state index in [2.05, 4.69) is 0 Å². The Balaban J connectivity index is 1.60. The zero-order valence-electron chi connectivity index (χ0n) is 15.7. The monoisotopic (exact) mass is 378 g/mol. The van der Waals surface area contributed by atoms with Crippen molar-refractivity contribution in [3.05, 3.63) is 23.8 Å². The van der Waals surface area contributed by atoms with Gasteiger partial charge in [0.2, 0.25) is 0 Å². The Hall–Kier alpha value is -1.08. The van der Waals surface area contributed by atoms with E-state index in [-0.39, 0.29) is 24.0 Å². The van der Waals surface area contributed by atoms with E-state index < -0.39 is 47.0 Å². The van der Waals surface area contributed by atoms with Crippen LogP contribution in [0.2, 0.25) is 0 Å². The van der Waals surface area contributed by atoms with Gasteiger partial charge in [0, 0.05) is 17.8 Å². The maximum atomic E-state index is 16.8. The van der Waals surface area contributed by atoms with E-state index in [1.165, 1.54) is 0 Å². The van der Waals surface area contributed by atoms with Crippen LogP contribution < -0.4 is 0 Å². The first kappa shape index (κ1) is 18.0. The topological polar surface area (TPSA) is 90.3 Å². The molecule has 0 radical (unpaired) electrons. The zero-order valence-corrected chi connectivity index (χ0v) is 15.7. The first-order valence-corrected chi connectivity index (χ1v) is 9.97. The molecule has 0 bridgehead atoms. The van der Waals surface area contributed by atoms with Gasteiger partial charge in [0.05, 0.1) is 12.2 Å². The summed E-state index contributed by atoms with van der Waals surface area (Å²) >= 11 is 0. The fourth-order valence-electron chi connectivity index (χ4n) is 7.37. The Labute approximate surface area is 157 Å². The van der Waals surface area contributed by atoms with Gasteiger partial charge < -0.3 is 20.1 Å². The van der Waals surface area contributed by atoms with Gasteiger partial charge >= 0.3 is 0 Å². The van der Waals surface area contributed by atoms with E-state index >= 15 is 4.39 Å². The highest BCUT2D eigenvalue weighted by molar-refractivity contribution is 5.94. The van der Waals surface area contributed by atoms with Gasteiger partial charge in [-0.3, -0.25) is 4.79 Å². The van der Waals surface area contributed by atoms with Crippen LogP contribution in [0, 0.1) is 23.2 Å². The average Bonchev–Trinajstić information content (AvgIpc) is 3.24. The van der Waals surface area contributed by atoms with Crippen molar-refractivity contribution in [3.8, 4) is 0 Å². The molecule has 1 saturated heterocycles. The molecule has 1 aliphatic heterocycles. The van der Waals surface area contributed by atoms with Gasteiger partial charge in [-0.2, -0.15) is 0 Å². The highest BCUT2D eigenvalue weighted by atomic mass is 19.1. The standard InChI is InChI=1S/C21H27FO5/c1-11-7-15-14-4-3-12-8-13(24)5-6-18(12,2)20(14,22)16(25)9-19(15)21(11,27-19)17(26)10-23/h5-6,8,11,13-16,23-25H,3-4,7,9-10H2,1-2H3/t11-,13?,14+,15+,16+,18+,19-,20+,21+/m1/s1. The number of alkyl halides is 1. The number of rotatable bonds is 2. The fraction of sp³-hybridized carbons (Fsp3) is 0.762. The van der Waals surface area contributed by atoms with Crippen LogP contribution in [0.25, 0.3) is 0 Å². The molecule has 0 aromatic carbocycles. The lowest BCUT2D eigenvalue weighted by molar-refractivity contribution is -0.180. The number of carbonyl (C=O) groups is 1. The normalized spacial score (nSPS) is 57.9. The Morgan fingerprint density at radius 1 is 1.37 bits per heavy atom. The molecule has 3 saturated carbocycles. The summed E-state index contributed by atoms with van der Waals surface area (Å²) in [6.45, 7) is 3.15. The number of hydrogen-bond acceptors (Lipinski definition) is 5. The minimum atomic E-state index is -1.87. The molecule has 6 heteroatoms. The van der Waals surface area contributed by atoms with Crippen molar-refractivity contribution >= 4 is 5.78 Å². The van der Waals surface area contributed by atoms with Crippen LogP contribution in [0.5, 0.6) is 0 Å². The van der Waals surface area contributed by atoms with E-state index in [0.29, 0.717) is 19.3 Å². The zero-order chi connectivity index (χ0) is 19.4. The number of fused-ring (bicyclic) bond motifs is 4. The molecule has 1 heterocycles. The van der Waals surface area contributed by atoms with Crippen LogP contribution in [0.1, 0.15) is 39.5 Å². The largest absolute Gasteiger partial charge is 0.390 e. The van der Waals surface area contributed by atoms with Crippen molar-refractivity contribution in [3.63, 3.8) is 0 Å². The quantitative estimate of drug-likeness (QED) is 0.500. The van der Waals surface area contributed by atoms with Crippen molar-refractivity contribution in [2.24, 2.45) is 23.2 Å². The van der Waals surface area contributed by atoms with Crippen LogP contribution in [0.15, 0.2) is 23.8 Å². The summed E-state index contributed by atoms with van der Waals surface area (Å²) < 4.78 is 22.8. The number of epoxide rings is 1. The predicted molar refractivity (Wildman–Crippen MR) is 94.4 cm³/mol. The lowest BCUT2D eigenvalue weighted by atomic mass is 9.48. The summed E-state index contributed by atoms with van der Waals surface area (Å²) in [7, 11) is 0. The van der Waals surface area contributed by atoms with Gasteiger partial charge in [-0.05, 0) is 38.0 Å². The molecule has 5 nitrogen and oxygen atoms in total. The fourth-order valence-corrected chi connectivity index (χ4v) is 7.37. The minimum Gasteiger partial charge on any atom is -0.390 e. The van der Waals surface area contributed by atoms with Crippen LogP contribution in [0.3, 0.4) is 0 Å². The molecule has 9 atom stereocenters. The van der Waals surface area contributed by atoms with Crippen molar-refractivity contribution < 1.29 is 29.2 Å². The Morgan fingerprint density at radius 3 is 2.81 bits per heavy atom. The Morgan fingerprint density at radius 2 is 2.11 bits per heavy atom. The molecule has 0 amide bonds. The minimum absolute atomic E-state index is 0.0695. The average molecular weight is 378 g/mol. The molecule has 3 N–H and O–H groups in total. The maximum absolute atomic E-state index is 16.8. The maximum Gasteiger partial charge on any atom is 0.193 e. The SMILES string of the molecule is C[C@@H]1C[C@H]2[C@@H]3CCC4=CC(O)C=C[C@]4(C)[C@@]3(F)[C@@H](O)C[C@@]23O[C@]13C(=O)CO. The number of Topliss-reactive ketones (excluding diaryl/α,β-unsaturated/α-hetero) is 1. The number of halogens is 1. The Bertz CT molecular complexity index is 779. The number of ketones is 1. The molecular formula is C21H27FO5. The third-order valence-corrected chi connectivity index (χ3v) is 8.58. The van der Waals surface area contributed by atoms with E-state index in [1.54, 1.807) is 18.2 Å². The molecule has 4 fully saturated rings. The van der Waals surface area contributed by atoms with E-state index in [9.17, 15) is 20.1 Å².